The second-order valence-electron chi connectivity index (χ2n) is 5.14. The van der Waals surface area contributed by atoms with Crippen LogP contribution >= 0.6 is 0 Å². The van der Waals surface area contributed by atoms with Gasteiger partial charge in [0.2, 0.25) is 0 Å². The van der Waals surface area contributed by atoms with Crippen LogP contribution < -0.4 is 5.32 Å². The number of ether oxygens (including phenoxy) is 1. The number of nitrogens with one attached hydrogen (secondary N) is 1. The van der Waals surface area contributed by atoms with Crippen molar-refractivity contribution in [2.24, 2.45) is 11.8 Å². The van der Waals surface area contributed by atoms with Crippen LogP contribution in [0.25, 0.3) is 0 Å². The fraction of sp³-hybridized carbons (Fsp3) is 0.846. The van der Waals surface area contributed by atoms with Crippen molar-refractivity contribution >= 4 is 0 Å². The predicted octanol–water partition coefficient (Wildman–Crippen LogP) is 2.70. The largest absolute Gasteiger partial charge is 0.497 e. The highest BCUT2D eigenvalue weighted by atomic mass is 16.5. The van der Waals surface area contributed by atoms with Crippen LogP contribution in [0.3, 0.4) is 0 Å². The van der Waals surface area contributed by atoms with Crippen molar-refractivity contribution in [3.05, 3.63) is 12.3 Å². The highest BCUT2D eigenvalue weighted by Gasteiger charge is 2.29. The monoisotopic (exact) mass is 209 g/mol. The molecule has 1 aliphatic heterocycles. The Hall–Kier alpha value is -0.500. The van der Waals surface area contributed by atoms with Gasteiger partial charge in [0.1, 0.15) is 6.10 Å². The Kier molecular flexibility index (Phi) is 3.68. The Morgan fingerprint density at radius 2 is 2.13 bits per heavy atom. The molecule has 2 nitrogen and oxygen atoms in total. The van der Waals surface area contributed by atoms with Gasteiger partial charge in [0.15, 0.2) is 0 Å². The summed E-state index contributed by atoms with van der Waals surface area (Å²) in [5.74, 6) is 1.71. The molecule has 2 heteroatoms. The smallest absolute Gasteiger partial charge is 0.110 e. The van der Waals surface area contributed by atoms with Crippen LogP contribution in [0.2, 0.25) is 0 Å². The standard InChI is InChI=1S/C13H23NO/c1-10-6-7-13(11(10)2)14-9-12-5-3-4-8-15-12/h4,8,10-14H,3,5-7,9H2,1-2H3. The molecule has 1 fully saturated rings. The maximum Gasteiger partial charge on any atom is 0.110 e. The molecule has 4 atom stereocenters. The lowest BCUT2D eigenvalue weighted by Gasteiger charge is -2.24. The molecule has 1 aliphatic carbocycles. The predicted molar refractivity (Wildman–Crippen MR) is 62.6 cm³/mol. The number of rotatable bonds is 3. The van der Waals surface area contributed by atoms with Crippen LogP contribution in [0.5, 0.6) is 0 Å². The van der Waals surface area contributed by atoms with Crippen molar-refractivity contribution in [2.45, 2.75) is 51.7 Å². The van der Waals surface area contributed by atoms with Gasteiger partial charge in [-0.1, -0.05) is 13.8 Å². The molecule has 2 aliphatic rings. The van der Waals surface area contributed by atoms with Crippen molar-refractivity contribution in [3.8, 4) is 0 Å². The second-order valence-corrected chi connectivity index (χ2v) is 5.14. The zero-order valence-electron chi connectivity index (χ0n) is 9.91. The first-order chi connectivity index (χ1) is 7.27. The SMILES string of the molecule is CC1CCC(NCC2CCC=CO2)C1C. The Bertz CT molecular complexity index is 227. The van der Waals surface area contributed by atoms with Gasteiger partial charge in [-0.05, 0) is 43.6 Å². The Morgan fingerprint density at radius 3 is 2.73 bits per heavy atom. The van der Waals surface area contributed by atoms with E-state index >= 15 is 0 Å². The minimum atomic E-state index is 0.401. The van der Waals surface area contributed by atoms with Gasteiger partial charge in [0.05, 0.1) is 6.26 Å². The highest BCUT2D eigenvalue weighted by Crippen LogP contribution is 2.31. The van der Waals surface area contributed by atoms with Crippen LogP contribution in [0.15, 0.2) is 12.3 Å². The fourth-order valence-electron chi connectivity index (χ4n) is 2.67. The quantitative estimate of drug-likeness (QED) is 0.771. The van der Waals surface area contributed by atoms with E-state index in [0.717, 1.165) is 24.4 Å². The highest BCUT2D eigenvalue weighted by molar-refractivity contribution is 4.87. The normalized spacial score (nSPS) is 40.4. The molecule has 0 radical (unpaired) electrons. The van der Waals surface area contributed by atoms with Crippen molar-refractivity contribution in [1.29, 1.82) is 0 Å². The Morgan fingerprint density at radius 1 is 1.27 bits per heavy atom. The van der Waals surface area contributed by atoms with Gasteiger partial charge in [-0.15, -0.1) is 0 Å². The molecule has 2 rings (SSSR count). The van der Waals surface area contributed by atoms with Crippen LogP contribution in [0, 0.1) is 11.8 Å². The number of allylic oxidation sites excluding steroid dienone is 1. The number of hydrogen-bond donors (Lipinski definition) is 1. The first-order valence-corrected chi connectivity index (χ1v) is 6.31. The van der Waals surface area contributed by atoms with Crippen LogP contribution in [-0.2, 0) is 4.74 Å². The minimum Gasteiger partial charge on any atom is -0.497 e. The van der Waals surface area contributed by atoms with Crippen molar-refractivity contribution in [1.82, 2.24) is 5.32 Å². The molecule has 86 valence electrons. The molecule has 0 aromatic heterocycles. The molecule has 0 aromatic rings. The summed E-state index contributed by atoms with van der Waals surface area (Å²) in [7, 11) is 0. The van der Waals surface area contributed by atoms with E-state index in [0.29, 0.717) is 6.10 Å². The van der Waals surface area contributed by atoms with E-state index < -0.39 is 0 Å². The first-order valence-electron chi connectivity index (χ1n) is 6.31. The molecule has 0 spiro atoms. The number of hydrogen-bond acceptors (Lipinski definition) is 2. The summed E-state index contributed by atoms with van der Waals surface area (Å²) >= 11 is 0. The third-order valence-corrected chi connectivity index (χ3v) is 4.10. The average Bonchev–Trinajstić information content (AvgIpc) is 2.59. The van der Waals surface area contributed by atoms with Gasteiger partial charge in [-0.25, -0.2) is 0 Å². The van der Waals surface area contributed by atoms with E-state index in [1.165, 1.54) is 25.7 Å². The summed E-state index contributed by atoms with van der Waals surface area (Å²) in [5, 5.41) is 3.67. The van der Waals surface area contributed by atoms with Crippen molar-refractivity contribution in [3.63, 3.8) is 0 Å². The summed E-state index contributed by atoms with van der Waals surface area (Å²) in [4.78, 5) is 0. The van der Waals surface area contributed by atoms with E-state index in [1.807, 2.05) is 6.26 Å². The minimum absolute atomic E-state index is 0.401. The van der Waals surface area contributed by atoms with Gasteiger partial charge in [0.25, 0.3) is 0 Å². The van der Waals surface area contributed by atoms with Gasteiger partial charge >= 0.3 is 0 Å². The summed E-state index contributed by atoms with van der Waals surface area (Å²) in [6.45, 7) is 5.76. The third-order valence-electron chi connectivity index (χ3n) is 4.10. The van der Waals surface area contributed by atoms with Gasteiger partial charge in [-0.2, -0.15) is 0 Å². The average molecular weight is 209 g/mol. The maximum atomic E-state index is 5.56. The molecule has 15 heavy (non-hydrogen) atoms. The summed E-state index contributed by atoms with van der Waals surface area (Å²) in [6, 6.07) is 0.717. The third kappa shape index (κ3) is 2.75. The summed E-state index contributed by atoms with van der Waals surface area (Å²) < 4.78 is 5.56. The van der Waals surface area contributed by atoms with Crippen LogP contribution in [0.1, 0.15) is 39.5 Å². The van der Waals surface area contributed by atoms with Crippen molar-refractivity contribution < 1.29 is 4.74 Å². The lowest BCUT2D eigenvalue weighted by Crippen LogP contribution is -2.38. The lowest BCUT2D eigenvalue weighted by molar-refractivity contribution is 0.117. The molecular formula is C13H23NO. The molecular weight excluding hydrogens is 186 g/mol. The van der Waals surface area contributed by atoms with E-state index in [1.54, 1.807) is 0 Å². The van der Waals surface area contributed by atoms with Crippen molar-refractivity contribution in [2.75, 3.05) is 6.54 Å². The molecule has 1 saturated carbocycles. The van der Waals surface area contributed by atoms with Gasteiger partial charge in [0, 0.05) is 12.6 Å². The lowest BCUT2D eigenvalue weighted by atomic mass is 9.97. The Balaban J connectivity index is 1.71. The van der Waals surface area contributed by atoms with Gasteiger partial charge in [-0.3, -0.25) is 0 Å². The Labute approximate surface area is 93.1 Å². The molecule has 0 saturated heterocycles. The second kappa shape index (κ2) is 5.02. The molecule has 1 N–H and O–H groups in total. The molecule has 1 heterocycles. The van der Waals surface area contributed by atoms with Gasteiger partial charge < -0.3 is 10.1 Å². The summed E-state index contributed by atoms with van der Waals surface area (Å²) in [5.41, 5.74) is 0. The zero-order chi connectivity index (χ0) is 10.7. The fourth-order valence-corrected chi connectivity index (χ4v) is 2.67. The van der Waals surface area contributed by atoms with E-state index in [-0.39, 0.29) is 0 Å². The van der Waals surface area contributed by atoms with E-state index in [2.05, 4.69) is 25.2 Å². The van der Waals surface area contributed by atoms with E-state index in [4.69, 9.17) is 4.74 Å². The van der Waals surface area contributed by atoms with Crippen LogP contribution in [-0.4, -0.2) is 18.7 Å². The summed E-state index contributed by atoms with van der Waals surface area (Å²) in [6.07, 6.45) is 9.42. The topological polar surface area (TPSA) is 21.3 Å². The molecule has 0 amide bonds. The van der Waals surface area contributed by atoms with E-state index in [9.17, 15) is 0 Å². The molecule has 0 bridgehead atoms. The molecule has 4 unspecified atom stereocenters. The first kappa shape index (κ1) is 11.0. The molecule has 0 aromatic carbocycles. The van der Waals surface area contributed by atoms with Crippen LogP contribution in [0.4, 0.5) is 0 Å². The zero-order valence-corrected chi connectivity index (χ0v) is 9.91. The maximum absolute atomic E-state index is 5.56.